The largest absolute Gasteiger partial charge is 0.311 e. The van der Waals surface area contributed by atoms with E-state index in [2.05, 4.69) is 53.6 Å². The number of nitrogens with one attached hydrogen (secondary N) is 1. The second-order valence-electron chi connectivity index (χ2n) is 4.03. The molecular weight excluding hydrogens is 230 g/mol. The third-order valence-corrected chi connectivity index (χ3v) is 3.43. The fourth-order valence-corrected chi connectivity index (χ4v) is 2.39. The average molecular weight is 247 g/mol. The van der Waals surface area contributed by atoms with Gasteiger partial charge in [0.1, 0.15) is 10.0 Å². The van der Waals surface area contributed by atoms with Gasteiger partial charge in [0.2, 0.25) is 0 Å². The minimum Gasteiger partial charge on any atom is -0.311 e. The van der Waals surface area contributed by atoms with Crippen molar-refractivity contribution in [3.8, 4) is 0 Å². The molecule has 17 heavy (non-hydrogen) atoms. The highest BCUT2D eigenvalue weighted by molar-refractivity contribution is 7.11. The summed E-state index contributed by atoms with van der Waals surface area (Å²) in [5.41, 5.74) is 2.58. The highest BCUT2D eigenvalue weighted by Gasteiger charge is 2.04. The Morgan fingerprint density at radius 2 is 1.82 bits per heavy atom. The molecule has 1 aromatic carbocycles. The summed E-state index contributed by atoms with van der Waals surface area (Å²) in [5, 5.41) is 13.8. The lowest BCUT2D eigenvalue weighted by atomic mass is 10.1. The summed E-state index contributed by atoms with van der Waals surface area (Å²) in [5.74, 6) is 0. The van der Waals surface area contributed by atoms with Crippen LogP contribution < -0.4 is 5.32 Å². The van der Waals surface area contributed by atoms with Gasteiger partial charge in [0.05, 0.1) is 0 Å². The van der Waals surface area contributed by atoms with Crippen molar-refractivity contribution < 1.29 is 0 Å². The molecule has 90 valence electrons. The molecule has 0 amide bonds. The topological polar surface area (TPSA) is 37.8 Å². The summed E-state index contributed by atoms with van der Waals surface area (Å²) >= 11 is 1.69. The van der Waals surface area contributed by atoms with Crippen LogP contribution in [0.3, 0.4) is 0 Å². The van der Waals surface area contributed by atoms with E-state index >= 15 is 0 Å². The van der Waals surface area contributed by atoms with Crippen molar-refractivity contribution >= 4 is 11.3 Å². The fraction of sp³-hybridized carbons (Fsp3) is 0.385. The zero-order valence-corrected chi connectivity index (χ0v) is 11.0. The first-order chi connectivity index (χ1) is 8.28. The highest BCUT2D eigenvalue weighted by Crippen LogP contribution is 2.15. The molecule has 0 saturated carbocycles. The molecule has 2 rings (SSSR count). The van der Waals surface area contributed by atoms with Crippen LogP contribution in [-0.2, 0) is 13.0 Å². The van der Waals surface area contributed by atoms with Crippen LogP contribution in [0.4, 0.5) is 0 Å². The van der Waals surface area contributed by atoms with Crippen molar-refractivity contribution in [3.63, 3.8) is 0 Å². The van der Waals surface area contributed by atoms with Crippen LogP contribution in [0.15, 0.2) is 24.3 Å². The van der Waals surface area contributed by atoms with Gasteiger partial charge >= 0.3 is 0 Å². The Morgan fingerprint density at radius 3 is 2.53 bits per heavy atom. The first kappa shape index (κ1) is 12.2. The maximum Gasteiger partial charge on any atom is 0.131 e. The van der Waals surface area contributed by atoms with Crippen LogP contribution in [0.1, 0.15) is 28.1 Å². The fourth-order valence-electron chi connectivity index (χ4n) is 1.54. The van der Waals surface area contributed by atoms with Crippen LogP contribution in [-0.4, -0.2) is 16.7 Å². The molecule has 0 aliphatic rings. The number of benzene rings is 1. The Labute approximate surface area is 106 Å². The molecule has 0 fully saturated rings. The van der Waals surface area contributed by atoms with Gasteiger partial charge in [-0.15, -0.1) is 10.2 Å². The van der Waals surface area contributed by atoms with Crippen LogP contribution in [0, 0.1) is 6.92 Å². The van der Waals surface area contributed by atoms with Gasteiger partial charge in [-0.3, -0.25) is 0 Å². The van der Waals surface area contributed by atoms with E-state index in [1.807, 2.05) is 0 Å². The molecule has 1 N–H and O–H groups in total. The second-order valence-corrected chi connectivity index (χ2v) is 5.18. The van der Waals surface area contributed by atoms with E-state index in [1.54, 1.807) is 11.3 Å². The normalized spacial score (nSPS) is 10.7. The van der Waals surface area contributed by atoms with Crippen molar-refractivity contribution in [1.29, 1.82) is 0 Å². The maximum absolute atomic E-state index is 4.22. The Balaban J connectivity index is 1.98. The van der Waals surface area contributed by atoms with Crippen molar-refractivity contribution in [2.24, 2.45) is 0 Å². The SMILES string of the molecule is CCNCc1nnc(Cc2ccc(C)cc2)s1. The molecule has 1 aromatic heterocycles. The van der Waals surface area contributed by atoms with E-state index in [1.165, 1.54) is 11.1 Å². The van der Waals surface area contributed by atoms with Crippen LogP contribution in [0.5, 0.6) is 0 Å². The lowest BCUT2D eigenvalue weighted by Gasteiger charge is -1.97. The number of hydrogen-bond acceptors (Lipinski definition) is 4. The van der Waals surface area contributed by atoms with Gasteiger partial charge in [-0.2, -0.15) is 0 Å². The average Bonchev–Trinajstić information content (AvgIpc) is 2.77. The van der Waals surface area contributed by atoms with Crippen LogP contribution >= 0.6 is 11.3 Å². The number of hydrogen-bond donors (Lipinski definition) is 1. The van der Waals surface area contributed by atoms with Gasteiger partial charge in [-0.25, -0.2) is 0 Å². The monoisotopic (exact) mass is 247 g/mol. The maximum atomic E-state index is 4.22. The van der Waals surface area contributed by atoms with Gasteiger partial charge in [0, 0.05) is 13.0 Å². The van der Waals surface area contributed by atoms with Gasteiger partial charge in [-0.1, -0.05) is 48.1 Å². The molecule has 0 aliphatic carbocycles. The summed E-state index contributed by atoms with van der Waals surface area (Å²) in [6, 6.07) is 8.58. The molecule has 2 aromatic rings. The third-order valence-electron chi connectivity index (χ3n) is 2.51. The lowest BCUT2D eigenvalue weighted by molar-refractivity contribution is 0.714. The van der Waals surface area contributed by atoms with E-state index in [0.717, 1.165) is 29.5 Å². The Bertz CT molecular complexity index is 462. The zero-order valence-electron chi connectivity index (χ0n) is 10.2. The van der Waals surface area contributed by atoms with Crippen molar-refractivity contribution in [1.82, 2.24) is 15.5 Å². The van der Waals surface area contributed by atoms with Gasteiger partial charge in [-0.05, 0) is 19.0 Å². The third kappa shape index (κ3) is 3.61. The number of nitrogens with zero attached hydrogens (tertiary/aromatic N) is 2. The van der Waals surface area contributed by atoms with Crippen molar-refractivity contribution in [2.45, 2.75) is 26.8 Å². The standard InChI is InChI=1S/C13H17N3S/c1-3-14-9-13-16-15-12(17-13)8-11-6-4-10(2)5-7-11/h4-7,14H,3,8-9H2,1-2H3. The zero-order chi connectivity index (χ0) is 12.1. The molecule has 1 heterocycles. The van der Waals surface area contributed by atoms with E-state index in [0.29, 0.717) is 0 Å². The second kappa shape index (κ2) is 5.89. The smallest absolute Gasteiger partial charge is 0.131 e. The minimum atomic E-state index is 0.821. The molecule has 0 bridgehead atoms. The predicted octanol–water partition coefficient (Wildman–Crippen LogP) is 2.55. The van der Waals surface area contributed by atoms with E-state index < -0.39 is 0 Å². The summed E-state index contributed by atoms with van der Waals surface area (Å²) < 4.78 is 0. The van der Waals surface area contributed by atoms with Crippen LogP contribution in [0.2, 0.25) is 0 Å². The summed E-state index contributed by atoms with van der Waals surface area (Å²) in [7, 11) is 0. The molecule has 0 atom stereocenters. The first-order valence-electron chi connectivity index (χ1n) is 5.85. The number of aromatic nitrogens is 2. The molecule has 4 heteroatoms. The van der Waals surface area contributed by atoms with Gasteiger partial charge < -0.3 is 5.32 Å². The summed E-state index contributed by atoms with van der Waals surface area (Å²) in [6.07, 6.45) is 0.879. The minimum absolute atomic E-state index is 0.821. The molecular formula is C13H17N3S. The van der Waals surface area contributed by atoms with Crippen LogP contribution in [0.25, 0.3) is 0 Å². The van der Waals surface area contributed by atoms with E-state index in [4.69, 9.17) is 0 Å². The lowest BCUT2D eigenvalue weighted by Crippen LogP contribution is -2.11. The van der Waals surface area contributed by atoms with E-state index in [9.17, 15) is 0 Å². The predicted molar refractivity (Wildman–Crippen MR) is 71.3 cm³/mol. The van der Waals surface area contributed by atoms with Crippen molar-refractivity contribution in [2.75, 3.05) is 6.54 Å². The number of rotatable bonds is 5. The molecule has 3 nitrogen and oxygen atoms in total. The van der Waals surface area contributed by atoms with E-state index in [-0.39, 0.29) is 0 Å². The Kier molecular flexibility index (Phi) is 4.23. The van der Waals surface area contributed by atoms with Gasteiger partial charge in [0.25, 0.3) is 0 Å². The molecule has 0 saturated heterocycles. The molecule has 0 radical (unpaired) electrons. The molecule has 0 spiro atoms. The van der Waals surface area contributed by atoms with Crippen molar-refractivity contribution in [3.05, 3.63) is 45.4 Å². The summed E-state index contributed by atoms with van der Waals surface area (Å²) in [6.45, 7) is 5.98. The molecule has 0 aliphatic heterocycles. The van der Waals surface area contributed by atoms with Gasteiger partial charge in [0.15, 0.2) is 0 Å². The Hall–Kier alpha value is -1.26. The highest BCUT2D eigenvalue weighted by atomic mass is 32.1. The number of aryl methyl sites for hydroxylation is 1. The quantitative estimate of drug-likeness (QED) is 0.882. The summed E-state index contributed by atoms with van der Waals surface area (Å²) in [4.78, 5) is 0. The first-order valence-corrected chi connectivity index (χ1v) is 6.67. The Morgan fingerprint density at radius 1 is 1.12 bits per heavy atom. The molecule has 0 unspecified atom stereocenters.